The van der Waals surface area contributed by atoms with Crippen LogP contribution in [0.5, 0.6) is 0 Å². The molecule has 3 heterocycles. The lowest BCUT2D eigenvalue weighted by Crippen LogP contribution is -2.29. The number of rotatable bonds is 1. The molecule has 1 unspecified atom stereocenters. The van der Waals surface area contributed by atoms with Crippen LogP contribution in [-0.2, 0) is 0 Å². The van der Waals surface area contributed by atoms with Crippen LogP contribution in [0.3, 0.4) is 0 Å². The monoisotopic (exact) mass is 313 g/mol. The van der Waals surface area contributed by atoms with Gasteiger partial charge in [0.25, 0.3) is 0 Å². The van der Waals surface area contributed by atoms with Crippen LogP contribution in [0.2, 0.25) is 5.15 Å². The third-order valence-electron chi connectivity index (χ3n) is 3.25. The van der Waals surface area contributed by atoms with Crippen molar-refractivity contribution < 1.29 is 0 Å². The number of halogens is 2. The maximum absolute atomic E-state index is 6.20. The van der Waals surface area contributed by atoms with Crippen molar-refractivity contribution in [1.29, 1.82) is 0 Å². The number of fused-ring (bicyclic) bond motifs is 1. The predicted octanol–water partition coefficient (Wildman–Crippen LogP) is 3.22. The molecule has 1 atom stereocenters. The van der Waals surface area contributed by atoms with E-state index in [1.165, 1.54) is 12.8 Å². The number of hydrogen-bond donors (Lipinski definition) is 1. The first-order chi connectivity index (χ1) is 8.25. The molecule has 3 nitrogen and oxygen atoms in total. The fourth-order valence-electron chi connectivity index (χ4n) is 2.40. The number of piperidine rings is 1. The first-order valence-electron chi connectivity index (χ1n) is 5.79. The molecule has 90 valence electrons. The van der Waals surface area contributed by atoms with Crippen LogP contribution < -0.4 is 5.32 Å². The average Bonchev–Trinajstić information content (AvgIpc) is 2.68. The van der Waals surface area contributed by atoms with Crippen LogP contribution >= 0.6 is 27.5 Å². The predicted molar refractivity (Wildman–Crippen MR) is 72.7 cm³/mol. The van der Waals surface area contributed by atoms with Gasteiger partial charge in [0.2, 0.25) is 0 Å². The van der Waals surface area contributed by atoms with Gasteiger partial charge in [-0.2, -0.15) is 0 Å². The van der Waals surface area contributed by atoms with E-state index in [1.54, 1.807) is 0 Å². The second-order valence-electron chi connectivity index (χ2n) is 4.40. The summed E-state index contributed by atoms with van der Waals surface area (Å²) in [4.78, 5) is 4.52. The minimum atomic E-state index is 0.463. The Balaban J connectivity index is 2.10. The van der Waals surface area contributed by atoms with E-state index < -0.39 is 0 Å². The molecular formula is C12H13BrClN3. The zero-order chi connectivity index (χ0) is 11.8. The molecule has 1 N–H and O–H groups in total. The highest BCUT2D eigenvalue weighted by Crippen LogP contribution is 2.28. The first-order valence-corrected chi connectivity index (χ1v) is 6.96. The highest BCUT2D eigenvalue weighted by molar-refractivity contribution is 9.10. The fraction of sp³-hybridized carbons (Fsp3) is 0.417. The van der Waals surface area contributed by atoms with Gasteiger partial charge in [0.05, 0.1) is 5.52 Å². The number of aromatic nitrogens is 2. The van der Waals surface area contributed by atoms with Crippen LogP contribution in [0.15, 0.2) is 22.8 Å². The Morgan fingerprint density at radius 3 is 3.18 bits per heavy atom. The summed E-state index contributed by atoms with van der Waals surface area (Å²) in [5.74, 6) is 1.54. The van der Waals surface area contributed by atoms with Gasteiger partial charge in [0.1, 0.15) is 5.82 Å². The van der Waals surface area contributed by atoms with E-state index in [9.17, 15) is 0 Å². The summed E-state index contributed by atoms with van der Waals surface area (Å²) in [5, 5.41) is 4.00. The molecule has 1 fully saturated rings. The summed E-state index contributed by atoms with van der Waals surface area (Å²) in [6.07, 6.45) is 4.41. The first kappa shape index (κ1) is 11.5. The Bertz CT molecular complexity index is 546. The summed E-state index contributed by atoms with van der Waals surface area (Å²) in [6.45, 7) is 2.10. The van der Waals surface area contributed by atoms with E-state index in [0.717, 1.165) is 28.9 Å². The summed E-state index contributed by atoms with van der Waals surface area (Å²) in [6, 6.07) is 4.03. The van der Waals surface area contributed by atoms with E-state index >= 15 is 0 Å². The number of pyridine rings is 1. The van der Waals surface area contributed by atoms with Gasteiger partial charge >= 0.3 is 0 Å². The topological polar surface area (TPSA) is 29.3 Å². The molecule has 1 aliphatic rings. The van der Waals surface area contributed by atoms with Crippen LogP contribution in [0.4, 0.5) is 0 Å². The van der Waals surface area contributed by atoms with Crippen molar-refractivity contribution in [2.24, 2.45) is 0 Å². The van der Waals surface area contributed by atoms with Crippen LogP contribution in [0.1, 0.15) is 24.6 Å². The van der Waals surface area contributed by atoms with Gasteiger partial charge in [-0.1, -0.05) is 27.5 Å². The molecule has 0 aliphatic carbocycles. The van der Waals surface area contributed by atoms with Gasteiger partial charge in [-0.25, -0.2) is 4.98 Å². The lowest BCUT2D eigenvalue weighted by Gasteiger charge is -2.21. The Hall–Kier alpha value is -0.580. The van der Waals surface area contributed by atoms with E-state index in [1.807, 2.05) is 18.3 Å². The second-order valence-corrected chi connectivity index (χ2v) is 5.68. The summed E-state index contributed by atoms with van der Waals surface area (Å²) in [7, 11) is 0. The number of nitrogens with zero attached hydrogens (tertiary/aromatic N) is 2. The molecule has 0 amide bonds. The van der Waals surface area contributed by atoms with Crippen molar-refractivity contribution in [1.82, 2.24) is 14.7 Å². The molecule has 2 aromatic rings. The molecule has 0 saturated carbocycles. The molecular weight excluding hydrogens is 302 g/mol. The fourth-order valence-corrected chi connectivity index (χ4v) is 2.97. The average molecular weight is 315 g/mol. The minimum Gasteiger partial charge on any atom is -0.316 e. The van der Waals surface area contributed by atoms with Crippen LogP contribution in [-0.4, -0.2) is 22.5 Å². The smallest absolute Gasteiger partial charge is 0.155 e. The molecule has 0 radical (unpaired) electrons. The van der Waals surface area contributed by atoms with Gasteiger partial charge in [-0.05, 0) is 31.5 Å². The molecule has 0 aromatic carbocycles. The SMILES string of the molecule is Clc1nc(C2CCCNC2)n2ccc(Br)cc12. The van der Waals surface area contributed by atoms with E-state index in [2.05, 4.69) is 30.6 Å². The minimum absolute atomic E-state index is 0.463. The highest BCUT2D eigenvalue weighted by atomic mass is 79.9. The zero-order valence-electron chi connectivity index (χ0n) is 9.29. The Kier molecular flexibility index (Phi) is 3.11. The van der Waals surface area contributed by atoms with Crippen molar-refractivity contribution in [3.63, 3.8) is 0 Å². The van der Waals surface area contributed by atoms with E-state index in [-0.39, 0.29) is 0 Å². The summed E-state index contributed by atoms with van der Waals surface area (Å²) >= 11 is 9.66. The van der Waals surface area contributed by atoms with Crippen LogP contribution in [0, 0.1) is 0 Å². The number of imidazole rings is 1. The van der Waals surface area contributed by atoms with Gasteiger partial charge < -0.3 is 9.72 Å². The molecule has 0 spiro atoms. The molecule has 5 heteroatoms. The number of hydrogen-bond acceptors (Lipinski definition) is 2. The zero-order valence-corrected chi connectivity index (χ0v) is 11.6. The molecule has 1 aliphatic heterocycles. The van der Waals surface area contributed by atoms with Gasteiger partial charge in [0, 0.05) is 23.1 Å². The molecule has 1 saturated heterocycles. The molecule has 0 bridgehead atoms. The largest absolute Gasteiger partial charge is 0.316 e. The Morgan fingerprint density at radius 2 is 2.41 bits per heavy atom. The highest BCUT2D eigenvalue weighted by Gasteiger charge is 2.21. The lowest BCUT2D eigenvalue weighted by molar-refractivity contribution is 0.445. The third kappa shape index (κ3) is 2.09. The lowest BCUT2D eigenvalue weighted by atomic mass is 9.99. The van der Waals surface area contributed by atoms with Gasteiger partial charge in [-0.3, -0.25) is 0 Å². The number of nitrogens with one attached hydrogen (secondary N) is 1. The quantitative estimate of drug-likeness (QED) is 0.876. The summed E-state index contributed by atoms with van der Waals surface area (Å²) in [5.41, 5.74) is 0.974. The van der Waals surface area contributed by atoms with Crippen molar-refractivity contribution in [2.45, 2.75) is 18.8 Å². The van der Waals surface area contributed by atoms with Gasteiger partial charge in [0.15, 0.2) is 5.15 Å². The normalized spacial score (nSPS) is 20.9. The molecule has 17 heavy (non-hydrogen) atoms. The van der Waals surface area contributed by atoms with Crippen molar-refractivity contribution in [3.8, 4) is 0 Å². The Morgan fingerprint density at radius 1 is 1.53 bits per heavy atom. The Labute approximate surface area is 113 Å². The van der Waals surface area contributed by atoms with Crippen molar-refractivity contribution in [3.05, 3.63) is 33.8 Å². The third-order valence-corrected chi connectivity index (χ3v) is 4.02. The van der Waals surface area contributed by atoms with Gasteiger partial charge in [-0.15, -0.1) is 0 Å². The maximum Gasteiger partial charge on any atom is 0.155 e. The second kappa shape index (κ2) is 4.59. The maximum atomic E-state index is 6.20. The molecule has 2 aromatic heterocycles. The summed E-state index contributed by atoms with van der Waals surface area (Å²) < 4.78 is 3.13. The van der Waals surface area contributed by atoms with Crippen molar-refractivity contribution in [2.75, 3.05) is 13.1 Å². The van der Waals surface area contributed by atoms with Crippen LogP contribution in [0.25, 0.3) is 5.52 Å². The van der Waals surface area contributed by atoms with E-state index in [4.69, 9.17) is 11.6 Å². The van der Waals surface area contributed by atoms with Crippen molar-refractivity contribution >= 4 is 33.0 Å². The molecule has 3 rings (SSSR count). The standard InChI is InChI=1S/C12H13BrClN3/c13-9-3-5-17-10(6-9)11(14)16-12(17)8-2-1-4-15-7-8/h3,5-6,8,15H,1-2,4,7H2. The van der Waals surface area contributed by atoms with E-state index in [0.29, 0.717) is 11.1 Å².